The van der Waals surface area contributed by atoms with Gasteiger partial charge < -0.3 is 20.4 Å². The van der Waals surface area contributed by atoms with Crippen LogP contribution in [0.1, 0.15) is 61.3 Å². The SMILES string of the molecule is CC(Cc1c[nH]c2ccccc12)(NC(=O)OCc1cccc(C(F)(F)F)c1)C(=O)NCC1(c2ccccc2)CCCCC1. The van der Waals surface area contributed by atoms with Gasteiger partial charge in [-0.15, -0.1) is 0 Å². The lowest BCUT2D eigenvalue weighted by Crippen LogP contribution is -2.59. The number of amides is 2. The molecule has 1 heterocycles. The Morgan fingerprint density at radius 3 is 2.40 bits per heavy atom. The Morgan fingerprint density at radius 1 is 0.930 bits per heavy atom. The number of benzene rings is 3. The van der Waals surface area contributed by atoms with E-state index in [1.165, 1.54) is 17.7 Å². The zero-order valence-corrected chi connectivity index (χ0v) is 24.1. The van der Waals surface area contributed by atoms with E-state index in [0.717, 1.165) is 60.7 Å². The number of alkyl halides is 3. The van der Waals surface area contributed by atoms with Crippen molar-refractivity contribution < 1.29 is 27.5 Å². The monoisotopic (exact) mass is 591 g/mol. The molecule has 0 bridgehead atoms. The summed E-state index contributed by atoms with van der Waals surface area (Å²) in [7, 11) is 0. The molecule has 1 atom stereocenters. The number of hydrogen-bond acceptors (Lipinski definition) is 3. The molecule has 5 rings (SSSR count). The number of para-hydroxylation sites is 1. The van der Waals surface area contributed by atoms with E-state index in [2.05, 4.69) is 27.8 Å². The Bertz CT molecular complexity index is 1560. The van der Waals surface area contributed by atoms with Crippen molar-refractivity contribution in [3.8, 4) is 0 Å². The van der Waals surface area contributed by atoms with Gasteiger partial charge in [0.05, 0.1) is 5.56 Å². The van der Waals surface area contributed by atoms with Gasteiger partial charge in [-0.2, -0.15) is 13.2 Å². The fraction of sp³-hybridized carbons (Fsp3) is 0.353. The average Bonchev–Trinajstić information content (AvgIpc) is 3.41. The second kappa shape index (κ2) is 12.5. The number of halogens is 3. The van der Waals surface area contributed by atoms with Crippen molar-refractivity contribution in [3.05, 3.63) is 107 Å². The first-order valence-electron chi connectivity index (χ1n) is 14.6. The first-order chi connectivity index (χ1) is 20.6. The van der Waals surface area contributed by atoms with Crippen LogP contribution in [0.3, 0.4) is 0 Å². The van der Waals surface area contributed by atoms with E-state index in [4.69, 9.17) is 4.74 Å². The predicted octanol–water partition coefficient (Wildman–Crippen LogP) is 7.43. The third kappa shape index (κ3) is 7.04. The molecule has 1 aliphatic rings. The van der Waals surface area contributed by atoms with Crippen LogP contribution in [0.25, 0.3) is 10.9 Å². The van der Waals surface area contributed by atoms with Crippen molar-refractivity contribution in [2.45, 2.75) is 69.2 Å². The van der Waals surface area contributed by atoms with Crippen molar-refractivity contribution in [1.29, 1.82) is 0 Å². The first kappa shape index (κ1) is 30.2. The van der Waals surface area contributed by atoms with Crippen LogP contribution in [-0.2, 0) is 34.2 Å². The van der Waals surface area contributed by atoms with Crippen LogP contribution in [0.4, 0.5) is 18.0 Å². The quantitative estimate of drug-likeness (QED) is 0.189. The average molecular weight is 592 g/mol. The summed E-state index contributed by atoms with van der Waals surface area (Å²) in [6.07, 6.45) is 1.76. The molecule has 43 heavy (non-hydrogen) atoms. The highest BCUT2D eigenvalue weighted by Crippen LogP contribution is 2.39. The fourth-order valence-electron chi connectivity index (χ4n) is 6.12. The summed E-state index contributed by atoms with van der Waals surface area (Å²) in [4.78, 5) is 30.3. The number of hydrogen-bond donors (Lipinski definition) is 3. The molecule has 3 aromatic carbocycles. The van der Waals surface area contributed by atoms with Crippen LogP contribution < -0.4 is 10.6 Å². The summed E-state index contributed by atoms with van der Waals surface area (Å²) in [5.74, 6) is -0.366. The molecule has 1 fully saturated rings. The molecule has 0 spiro atoms. The van der Waals surface area contributed by atoms with Crippen LogP contribution >= 0.6 is 0 Å². The maximum atomic E-state index is 14.0. The maximum absolute atomic E-state index is 14.0. The number of ether oxygens (including phenoxy) is 1. The van der Waals surface area contributed by atoms with Crippen LogP contribution in [0.15, 0.2) is 85.1 Å². The van der Waals surface area contributed by atoms with Gasteiger partial charge in [0, 0.05) is 35.5 Å². The minimum atomic E-state index is -4.51. The zero-order valence-electron chi connectivity index (χ0n) is 24.1. The highest BCUT2D eigenvalue weighted by atomic mass is 19.4. The Hall–Kier alpha value is -4.27. The highest BCUT2D eigenvalue weighted by molar-refractivity contribution is 5.91. The molecule has 226 valence electrons. The molecule has 4 aromatic rings. The number of alkyl carbamates (subject to hydrolysis) is 1. The molecule has 1 saturated carbocycles. The topological polar surface area (TPSA) is 83.2 Å². The Morgan fingerprint density at radius 2 is 1.65 bits per heavy atom. The lowest BCUT2D eigenvalue weighted by atomic mass is 9.69. The van der Waals surface area contributed by atoms with E-state index in [0.29, 0.717) is 6.54 Å². The number of rotatable bonds is 9. The summed E-state index contributed by atoms with van der Waals surface area (Å²) in [5.41, 5.74) is 0.660. The van der Waals surface area contributed by atoms with Crippen molar-refractivity contribution in [2.24, 2.45) is 0 Å². The number of nitrogens with one attached hydrogen (secondary N) is 3. The molecule has 3 N–H and O–H groups in total. The second-order valence-electron chi connectivity index (χ2n) is 11.7. The third-order valence-corrected chi connectivity index (χ3v) is 8.51. The lowest BCUT2D eigenvalue weighted by molar-refractivity contribution is -0.137. The largest absolute Gasteiger partial charge is 0.445 e. The van der Waals surface area contributed by atoms with Crippen LogP contribution in [-0.4, -0.2) is 29.1 Å². The molecule has 9 heteroatoms. The molecule has 1 aromatic heterocycles. The van der Waals surface area contributed by atoms with Gasteiger partial charge in [-0.05, 0) is 54.7 Å². The van der Waals surface area contributed by atoms with Gasteiger partial charge in [0.25, 0.3) is 0 Å². The molecule has 6 nitrogen and oxygen atoms in total. The lowest BCUT2D eigenvalue weighted by Gasteiger charge is -2.39. The Balaban J connectivity index is 1.35. The molecule has 0 radical (unpaired) electrons. The van der Waals surface area contributed by atoms with Crippen LogP contribution in [0, 0.1) is 0 Å². The summed E-state index contributed by atoms with van der Waals surface area (Å²) in [6.45, 7) is 1.68. The van der Waals surface area contributed by atoms with Gasteiger partial charge in [-0.3, -0.25) is 4.79 Å². The Labute approximate surface area is 249 Å². The fourth-order valence-corrected chi connectivity index (χ4v) is 6.12. The van der Waals surface area contributed by atoms with Crippen molar-refractivity contribution in [3.63, 3.8) is 0 Å². The molecule has 0 aliphatic heterocycles. The van der Waals surface area contributed by atoms with Gasteiger partial charge in [-0.25, -0.2) is 4.79 Å². The molecule has 1 aliphatic carbocycles. The van der Waals surface area contributed by atoms with Crippen molar-refractivity contribution in [2.75, 3.05) is 6.54 Å². The van der Waals surface area contributed by atoms with Gasteiger partial charge in [0.1, 0.15) is 12.1 Å². The minimum Gasteiger partial charge on any atom is -0.445 e. The number of aromatic nitrogens is 1. The molecular weight excluding hydrogens is 555 g/mol. The molecule has 0 saturated heterocycles. The van der Waals surface area contributed by atoms with E-state index < -0.39 is 23.4 Å². The number of fused-ring (bicyclic) bond motifs is 1. The van der Waals surface area contributed by atoms with E-state index in [1.54, 1.807) is 6.92 Å². The van der Waals surface area contributed by atoms with Crippen LogP contribution in [0.2, 0.25) is 0 Å². The van der Waals surface area contributed by atoms with E-state index >= 15 is 0 Å². The molecular formula is C34H36F3N3O3. The summed E-state index contributed by atoms with van der Waals surface area (Å²) < 4.78 is 44.8. The first-order valence-corrected chi connectivity index (χ1v) is 14.6. The standard InChI is InChI=1S/C34H36F3N3O3/c1-32(20-25-21-38-29-16-7-6-15-28(25)29,40-31(42)43-22-24-11-10-14-27(19-24)34(35,36)37)30(41)39-23-33(17-8-3-9-18-33)26-12-4-2-5-13-26/h2,4-7,10-16,19,21,38H,3,8-9,17-18,20,22-23H2,1H3,(H,39,41)(H,40,42). The predicted molar refractivity (Wildman–Crippen MR) is 159 cm³/mol. The summed E-state index contributed by atoms with van der Waals surface area (Å²) in [6, 6.07) is 22.5. The van der Waals surface area contributed by atoms with Crippen molar-refractivity contribution in [1.82, 2.24) is 15.6 Å². The van der Waals surface area contributed by atoms with Gasteiger partial charge >= 0.3 is 12.3 Å². The summed E-state index contributed by atoms with van der Waals surface area (Å²) >= 11 is 0. The van der Waals surface area contributed by atoms with E-state index in [1.807, 2.05) is 48.7 Å². The smallest absolute Gasteiger partial charge is 0.416 e. The van der Waals surface area contributed by atoms with Gasteiger partial charge in [-0.1, -0.05) is 79.9 Å². The summed E-state index contributed by atoms with van der Waals surface area (Å²) in [5, 5.41) is 6.82. The Kier molecular flexibility index (Phi) is 8.80. The van der Waals surface area contributed by atoms with Crippen LogP contribution in [0.5, 0.6) is 0 Å². The van der Waals surface area contributed by atoms with Gasteiger partial charge in [0.15, 0.2) is 0 Å². The normalized spacial score (nSPS) is 16.3. The van der Waals surface area contributed by atoms with Crippen molar-refractivity contribution >= 4 is 22.9 Å². The minimum absolute atomic E-state index is 0.167. The number of H-pyrrole nitrogens is 1. The number of carbonyl (C=O) groups is 2. The second-order valence-corrected chi connectivity index (χ2v) is 11.7. The third-order valence-electron chi connectivity index (χ3n) is 8.51. The maximum Gasteiger partial charge on any atom is 0.416 e. The molecule has 1 unspecified atom stereocenters. The molecule has 2 amide bonds. The van der Waals surface area contributed by atoms with E-state index in [9.17, 15) is 22.8 Å². The zero-order chi connectivity index (χ0) is 30.5. The van der Waals surface area contributed by atoms with Gasteiger partial charge in [0.2, 0.25) is 5.91 Å². The number of carbonyl (C=O) groups excluding carboxylic acids is 2. The highest BCUT2D eigenvalue weighted by Gasteiger charge is 2.40. The number of aromatic amines is 1. The van der Waals surface area contributed by atoms with E-state index in [-0.39, 0.29) is 29.9 Å².